The molecule has 0 amide bonds. The summed E-state index contributed by atoms with van der Waals surface area (Å²) in [7, 11) is 0. The van der Waals surface area contributed by atoms with Crippen LogP contribution in [0.3, 0.4) is 0 Å². The molecule has 4 heteroatoms. The predicted octanol–water partition coefficient (Wildman–Crippen LogP) is 3.84. The van der Waals surface area contributed by atoms with E-state index in [1.165, 1.54) is 12.2 Å². The summed E-state index contributed by atoms with van der Waals surface area (Å²) in [5.41, 5.74) is 1.74. The quantitative estimate of drug-likeness (QED) is 0.669. The third kappa shape index (κ3) is 3.67. The van der Waals surface area contributed by atoms with Crippen LogP contribution < -0.4 is 0 Å². The van der Waals surface area contributed by atoms with E-state index in [4.69, 9.17) is 10.4 Å². The van der Waals surface area contributed by atoms with Gasteiger partial charge < -0.3 is 5.11 Å². The Morgan fingerprint density at radius 3 is 2.58 bits per heavy atom. The standard InChI is InChI=1S/C15H15NO2S/c1-4-6-12(15(17)18)7-5-8-13-10(2)19-11(3)14(13)9-16/h4-8H,1-3H3,(H,17,18)/b6-4-,8-5+,12-7+. The molecule has 1 aromatic rings. The number of carboxylic acid groups (broad SMARTS) is 1. The molecule has 0 aliphatic rings. The summed E-state index contributed by atoms with van der Waals surface area (Å²) in [5.74, 6) is -0.971. The highest BCUT2D eigenvalue weighted by atomic mass is 32.1. The summed E-state index contributed by atoms with van der Waals surface area (Å²) < 4.78 is 0. The van der Waals surface area contributed by atoms with Crippen LogP contribution in [0.15, 0.2) is 29.9 Å². The van der Waals surface area contributed by atoms with Crippen molar-refractivity contribution in [1.29, 1.82) is 5.26 Å². The highest BCUT2D eigenvalue weighted by Gasteiger charge is 2.09. The summed E-state index contributed by atoms with van der Waals surface area (Å²) >= 11 is 1.57. The topological polar surface area (TPSA) is 61.1 Å². The number of allylic oxidation sites excluding steroid dienone is 3. The van der Waals surface area contributed by atoms with Gasteiger partial charge in [0.1, 0.15) is 6.07 Å². The second-order valence-corrected chi connectivity index (χ2v) is 5.33. The molecule has 0 aromatic carbocycles. The Morgan fingerprint density at radius 1 is 1.37 bits per heavy atom. The minimum absolute atomic E-state index is 0.210. The van der Waals surface area contributed by atoms with Crippen molar-refractivity contribution in [3.63, 3.8) is 0 Å². The maximum atomic E-state index is 10.9. The first kappa shape index (κ1) is 14.9. The van der Waals surface area contributed by atoms with Crippen molar-refractivity contribution in [3.05, 3.63) is 50.8 Å². The molecule has 0 atom stereocenters. The molecule has 1 N–H and O–H groups in total. The number of carbonyl (C=O) groups is 1. The van der Waals surface area contributed by atoms with Crippen LogP contribution in [0.5, 0.6) is 0 Å². The van der Waals surface area contributed by atoms with E-state index in [9.17, 15) is 4.79 Å². The van der Waals surface area contributed by atoms with Crippen molar-refractivity contribution in [1.82, 2.24) is 0 Å². The van der Waals surface area contributed by atoms with Crippen LogP contribution >= 0.6 is 11.3 Å². The van der Waals surface area contributed by atoms with Crippen LogP contribution in [0.25, 0.3) is 6.08 Å². The molecule has 1 aromatic heterocycles. The zero-order chi connectivity index (χ0) is 14.4. The molecule has 0 aliphatic carbocycles. The van der Waals surface area contributed by atoms with Crippen molar-refractivity contribution in [3.8, 4) is 6.07 Å². The van der Waals surface area contributed by atoms with Crippen LogP contribution in [0.2, 0.25) is 0 Å². The Kier molecular flexibility index (Phi) is 5.28. The maximum absolute atomic E-state index is 10.9. The number of hydrogen-bond acceptors (Lipinski definition) is 3. The molecule has 0 saturated carbocycles. The third-order valence-corrected chi connectivity index (χ3v) is 3.59. The molecular weight excluding hydrogens is 258 g/mol. The lowest BCUT2D eigenvalue weighted by Gasteiger charge is -1.93. The van der Waals surface area contributed by atoms with Crippen molar-refractivity contribution >= 4 is 23.4 Å². The molecule has 0 saturated heterocycles. The van der Waals surface area contributed by atoms with Gasteiger partial charge in [0.05, 0.1) is 11.1 Å². The third-order valence-electron chi connectivity index (χ3n) is 2.55. The highest BCUT2D eigenvalue weighted by molar-refractivity contribution is 7.12. The first-order valence-electron chi connectivity index (χ1n) is 5.75. The first-order valence-corrected chi connectivity index (χ1v) is 6.57. The van der Waals surface area contributed by atoms with Gasteiger partial charge in [0.25, 0.3) is 0 Å². The molecule has 0 aliphatic heterocycles. The van der Waals surface area contributed by atoms with Crippen LogP contribution in [0.1, 0.15) is 27.8 Å². The number of rotatable bonds is 4. The highest BCUT2D eigenvalue weighted by Crippen LogP contribution is 2.27. The Bertz CT molecular complexity index is 613. The second kappa shape index (κ2) is 6.72. The molecule has 19 heavy (non-hydrogen) atoms. The average molecular weight is 273 g/mol. The number of nitriles is 1. The van der Waals surface area contributed by atoms with Gasteiger partial charge in [0, 0.05) is 15.3 Å². The summed E-state index contributed by atoms with van der Waals surface area (Å²) in [6.07, 6.45) is 8.18. The number of nitrogens with zero attached hydrogens (tertiary/aromatic N) is 1. The van der Waals surface area contributed by atoms with Gasteiger partial charge in [-0.1, -0.05) is 24.3 Å². The summed E-state index contributed by atoms with van der Waals surface area (Å²) in [6.45, 7) is 5.62. The van der Waals surface area contributed by atoms with Gasteiger partial charge in [-0.3, -0.25) is 0 Å². The smallest absolute Gasteiger partial charge is 0.335 e. The van der Waals surface area contributed by atoms with E-state index >= 15 is 0 Å². The summed E-state index contributed by atoms with van der Waals surface area (Å²) in [6, 6.07) is 2.18. The van der Waals surface area contributed by atoms with Crippen molar-refractivity contribution < 1.29 is 9.90 Å². The van der Waals surface area contributed by atoms with E-state index in [-0.39, 0.29) is 5.57 Å². The number of carboxylic acids is 1. The fraction of sp³-hybridized carbons (Fsp3) is 0.200. The van der Waals surface area contributed by atoms with E-state index in [2.05, 4.69) is 6.07 Å². The Labute approximate surface area is 116 Å². The number of aryl methyl sites for hydroxylation is 2. The van der Waals surface area contributed by atoms with Gasteiger partial charge >= 0.3 is 5.97 Å². The van der Waals surface area contributed by atoms with E-state index in [0.717, 1.165) is 15.3 Å². The first-order chi connectivity index (χ1) is 9.01. The molecule has 0 fully saturated rings. The molecule has 0 radical (unpaired) electrons. The van der Waals surface area contributed by atoms with E-state index in [0.29, 0.717) is 5.56 Å². The summed E-state index contributed by atoms with van der Waals surface area (Å²) in [4.78, 5) is 13.0. The van der Waals surface area contributed by atoms with Crippen molar-refractivity contribution in [2.24, 2.45) is 0 Å². The Hall–Kier alpha value is -2.12. The SMILES string of the molecule is C\C=C/C(=C\C=C\c1c(C)sc(C)c1C#N)C(=O)O. The van der Waals surface area contributed by atoms with Gasteiger partial charge in [-0.2, -0.15) is 5.26 Å². The molecule has 1 rings (SSSR count). The van der Waals surface area contributed by atoms with Crippen LogP contribution in [-0.2, 0) is 4.79 Å². The lowest BCUT2D eigenvalue weighted by molar-refractivity contribution is -0.132. The zero-order valence-electron chi connectivity index (χ0n) is 11.1. The number of hydrogen-bond donors (Lipinski definition) is 1. The molecule has 0 unspecified atom stereocenters. The predicted molar refractivity (Wildman–Crippen MR) is 78.1 cm³/mol. The van der Waals surface area contributed by atoms with Crippen LogP contribution in [-0.4, -0.2) is 11.1 Å². The van der Waals surface area contributed by atoms with E-state index < -0.39 is 5.97 Å². The molecule has 0 spiro atoms. The maximum Gasteiger partial charge on any atom is 0.335 e. The molecule has 98 valence electrons. The summed E-state index contributed by atoms with van der Waals surface area (Å²) in [5, 5.41) is 18.1. The molecular formula is C15H15NO2S. The van der Waals surface area contributed by atoms with E-state index in [1.54, 1.807) is 36.5 Å². The minimum atomic E-state index is -0.971. The minimum Gasteiger partial charge on any atom is -0.478 e. The lowest BCUT2D eigenvalue weighted by Crippen LogP contribution is -1.96. The van der Waals surface area contributed by atoms with Crippen molar-refractivity contribution in [2.45, 2.75) is 20.8 Å². The second-order valence-electron chi connectivity index (χ2n) is 3.90. The monoisotopic (exact) mass is 273 g/mol. The van der Waals surface area contributed by atoms with Gasteiger partial charge in [-0.25, -0.2) is 4.79 Å². The van der Waals surface area contributed by atoms with Crippen LogP contribution in [0.4, 0.5) is 0 Å². The van der Waals surface area contributed by atoms with Crippen molar-refractivity contribution in [2.75, 3.05) is 0 Å². The van der Waals surface area contributed by atoms with Gasteiger partial charge in [0.2, 0.25) is 0 Å². The molecule has 1 heterocycles. The fourth-order valence-corrected chi connectivity index (χ4v) is 2.66. The van der Waals surface area contributed by atoms with Gasteiger partial charge in [0.15, 0.2) is 0 Å². The average Bonchev–Trinajstić information content (AvgIpc) is 2.62. The largest absolute Gasteiger partial charge is 0.478 e. The van der Waals surface area contributed by atoms with Gasteiger partial charge in [-0.05, 0) is 26.8 Å². The van der Waals surface area contributed by atoms with Crippen LogP contribution in [0, 0.1) is 25.2 Å². The molecule has 0 bridgehead atoms. The number of aliphatic carboxylic acids is 1. The Balaban J connectivity index is 3.10. The van der Waals surface area contributed by atoms with Gasteiger partial charge in [-0.15, -0.1) is 11.3 Å². The Morgan fingerprint density at radius 2 is 2.05 bits per heavy atom. The number of thiophene rings is 1. The normalized spacial score (nSPS) is 12.2. The lowest BCUT2D eigenvalue weighted by atomic mass is 10.1. The van der Waals surface area contributed by atoms with E-state index in [1.807, 2.05) is 13.8 Å². The molecule has 3 nitrogen and oxygen atoms in total. The zero-order valence-corrected chi connectivity index (χ0v) is 11.9. The fourth-order valence-electron chi connectivity index (χ4n) is 1.67.